The second kappa shape index (κ2) is 7.81. The third-order valence-electron chi connectivity index (χ3n) is 5.91. The smallest absolute Gasteiger partial charge is 0.232 e. The molecule has 0 spiro atoms. The zero-order valence-electron chi connectivity index (χ0n) is 17.6. The standard InChI is InChI=1S/C24H30N2O3/c1-16-13-26(14-17(2)28-16)24(3,4)15-25-23(27)22-18-9-5-7-11-20(18)29-21-12-8-6-10-19(21)22/h5-12,16-17,22H,13-15H2,1-4H3,(H,25,27)/t16-,17-/m0/s1. The van der Waals surface area contributed by atoms with E-state index in [-0.39, 0.29) is 29.6 Å². The number of hydrogen-bond acceptors (Lipinski definition) is 4. The van der Waals surface area contributed by atoms with Crippen LogP contribution < -0.4 is 10.1 Å². The monoisotopic (exact) mass is 394 g/mol. The molecule has 2 atom stereocenters. The summed E-state index contributed by atoms with van der Waals surface area (Å²) in [6.45, 7) is 10.9. The van der Waals surface area contributed by atoms with Gasteiger partial charge in [0.1, 0.15) is 11.5 Å². The Hall–Kier alpha value is -2.37. The molecule has 4 rings (SSSR count). The first kappa shape index (κ1) is 19.9. The topological polar surface area (TPSA) is 50.8 Å². The molecule has 0 unspecified atom stereocenters. The number of fused-ring (bicyclic) bond motifs is 2. The normalized spacial score (nSPS) is 22.3. The molecule has 0 aliphatic carbocycles. The number of para-hydroxylation sites is 2. The number of morpholine rings is 1. The highest BCUT2D eigenvalue weighted by molar-refractivity contribution is 5.89. The molecule has 1 N–H and O–H groups in total. The Kier molecular flexibility index (Phi) is 5.36. The summed E-state index contributed by atoms with van der Waals surface area (Å²) in [6, 6.07) is 15.6. The first-order valence-corrected chi connectivity index (χ1v) is 10.4. The molecular formula is C24H30N2O3. The number of carbonyl (C=O) groups is 1. The minimum Gasteiger partial charge on any atom is -0.457 e. The van der Waals surface area contributed by atoms with E-state index < -0.39 is 0 Å². The summed E-state index contributed by atoms with van der Waals surface area (Å²) in [5.74, 6) is 1.15. The maximum absolute atomic E-state index is 13.4. The molecule has 29 heavy (non-hydrogen) atoms. The quantitative estimate of drug-likeness (QED) is 0.854. The molecule has 5 nitrogen and oxygen atoms in total. The van der Waals surface area contributed by atoms with Gasteiger partial charge in [-0.2, -0.15) is 0 Å². The molecular weight excluding hydrogens is 364 g/mol. The number of hydrogen-bond donors (Lipinski definition) is 1. The third kappa shape index (κ3) is 4.02. The molecule has 2 aliphatic heterocycles. The van der Waals surface area contributed by atoms with Crippen LogP contribution in [0, 0.1) is 0 Å². The summed E-state index contributed by atoms with van der Waals surface area (Å²) in [4.78, 5) is 15.8. The number of amides is 1. The zero-order valence-corrected chi connectivity index (χ0v) is 17.6. The fraction of sp³-hybridized carbons (Fsp3) is 0.458. The second-order valence-electron chi connectivity index (χ2n) is 8.80. The Morgan fingerprint density at radius 1 is 1.00 bits per heavy atom. The predicted octanol–water partition coefficient (Wildman–Crippen LogP) is 3.93. The number of benzene rings is 2. The molecule has 154 valence electrons. The Bertz CT molecular complexity index is 840. The number of rotatable bonds is 4. The van der Waals surface area contributed by atoms with Crippen LogP contribution in [0.15, 0.2) is 48.5 Å². The predicted molar refractivity (Wildman–Crippen MR) is 113 cm³/mol. The molecule has 0 saturated carbocycles. The molecule has 2 aromatic carbocycles. The van der Waals surface area contributed by atoms with Crippen molar-refractivity contribution in [2.24, 2.45) is 0 Å². The highest BCUT2D eigenvalue weighted by atomic mass is 16.5. The van der Waals surface area contributed by atoms with Crippen LogP contribution in [0.2, 0.25) is 0 Å². The third-order valence-corrected chi connectivity index (χ3v) is 5.91. The Balaban J connectivity index is 1.53. The van der Waals surface area contributed by atoms with Gasteiger partial charge >= 0.3 is 0 Å². The summed E-state index contributed by atoms with van der Waals surface area (Å²) < 4.78 is 11.9. The highest BCUT2D eigenvalue weighted by Crippen LogP contribution is 2.43. The molecule has 1 amide bonds. The molecule has 2 aliphatic rings. The number of nitrogens with one attached hydrogen (secondary N) is 1. The molecule has 2 heterocycles. The van der Waals surface area contributed by atoms with Gasteiger partial charge in [0.05, 0.1) is 18.1 Å². The van der Waals surface area contributed by atoms with Crippen molar-refractivity contribution in [3.8, 4) is 11.5 Å². The molecule has 1 fully saturated rings. The van der Waals surface area contributed by atoms with Gasteiger partial charge < -0.3 is 14.8 Å². The lowest BCUT2D eigenvalue weighted by Gasteiger charge is -2.45. The zero-order chi connectivity index (χ0) is 20.6. The molecule has 2 aromatic rings. The Labute approximate surface area is 173 Å². The van der Waals surface area contributed by atoms with Gasteiger partial charge in [0.15, 0.2) is 0 Å². The molecule has 0 aromatic heterocycles. The minimum atomic E-state index is -0.366. The van der Waals surface area contributed by atoms with Crippen molar-refractivity contribution in [3.63, 3.8) is 0 Å². The van der Waals surface area contributed by atoms with Crippen molar-refractivity contribution >= 4 is 5.91 Å². The van der Waals surface area contributed by atoms with Crippen LogP contribution in [-0.4, -0.2) is 48.2 Å². The average Bonchev–Trinajstić information content (AvgIpc) is 2.69. The van der Waals surface area contributed by atoms with Crippen LogP contribution in [0.25, 0.3) is 0 Å². The van der Waals surface area contributed by atoms with Gasteiger partial charge in [0, 0.05) is 36.3 Å². The average molecular weight is 395 g/mol. The highest BCUT2D eigenvalue weighted by Gasteiger charge is 2.36. The van der Waals surface area contributed by atoms with Gasteiger partial charge in [-0.15, -0.1) is 0 Å². The summed E-state index contributed by atoms with van der Waals surface area (Å²) in [6.07, 6.45) is 0.394. The molecule has 1 saturated heterocycles. The van der Waals surface area contributed by atoms with Crippen molar-refractivity contribution in [1.29, 1.82) is 0 Å². The van der Waals surface area contributed by atoms with Crippen molar-refractivity contribution in [2.75, 3.05) is 19.6 Å². The van der Waals surface area contributed by atoms with Gasteiger partial charge in [-0.25, -0.2) is 0 Å². The van der Waals surface area contributed by atoms with Gasteiger partial charge in [-0.1, -0.05) is 36.4 Å². The Morgan fingerprint density at radius 2 is 1.52 bits per heavy atom. The van der Waals surface area contributed by atoms with E-state index in [1.807, 2.05) is 48.5 Å². The van der Waals surface area contributed by atoms with Crippen molar-refractivity contribution in [1.82, 2.24) is 10.2 Å². The van der Waals surface area contributed by atoms with Crippen molar-refractivity contribution in [2.45, 2.75) is 51.4 Å². The summed E-state index contributed by atoms with van der Waals surface area (Å²) in [5, 5.41) is 3.22. The summed E-state index contributed by atoms with van der Waals surface area (Å²) in [5.41, 5.74) is 1.66. The van der Waals surface area contributed by atoms with E-state index in [9.17, 15) is 4.79 Å². The van der Waals surface area contributed by atoms with E-state index in [4.69, 9.17) is 9.47 Å². The fourth-order valence-electron chi connectivity index (χ4n) is 4.38. The largest absolute Gasteiger partial charge is 0.457 e. The second-order valence-corrected chi connectivity index (χ2v) is 8.80. The van der Waals surface area contributed by atoms with E-state index >= 15 is 0 Å². The van der Waals surface area contributed by atoms with Crippen LogP contribution >= 0.6 is 0 Å². The van der Waals surface area contributed by atoms with Gasteiger partial charge in [-0.05, 0) is 39.8 Å². The van der Waals surface area contributed by atoms with E-state index in [1.54, 1.807) is 0 Å². The molecule has 5 heteroatoms. The first-order valence-electron chi connectivity index (χ1n) is 10.4. The van der Waals surface area contributed by atoms with Crippen LogP contribution in [0.4, 0.5) is 0 Å². The summed E-state index contributed by atoms with van der Waals surface area (Å²) >= 11 is 0. The van der Waals surface area contributed by atoms with Crippen LogP contribution in [0.5, 0.6) is 11.5 Å². The number of nitrogens with zero attached hydrogens (tertiary/aromatic N) is 1. The van der Waals surface area contributed by atoms with Crippen LogP contribution in [-0.2, 0) is 9.53 Å². The fourth-order valence-corrected chi connectivity index (χ4v) is 4.38. The van der Waals surface area contributed by atoms with E-state index in [1.165, 1.54) is 0 Å². The van der Waals surface area contributed by atoms with Gasteiger partial charge in [0.25, 0.3) is 0 Å². The maximum Gasteiger partial charge on any atom is 0.232 e. The van der Waals surface area contributed by atoms with E-state index in [0.717, 1.165) is 35.7 Å². The first-order chi connectivity index (χ1) is 13.8. The lowest BCUT2D eigenvalue weighted by Crippen LogP contribution is -2.59. The molecule has 0 bridgehead atoms. The van der Waals surface area contributed by atoms with Gasteiger partial charge in [-0.3, -0.25) is 9.69 Å². The minimum absolute atomic E-state index is 0.00984. The number of ether oxygens (including phenoxy) is 2. The summed E-state index contributed by atoms with van der Waals surface area (Å²) in [7, 11) is 0. The number of carbonyl (C=O) groups excluding carboxylic acids is 1. The van der Waals surface area contributed by atoms with Gasteiger partial charge in [0.2, 0.25) is 5.91 Å². The molecule has 0 radical (unpaired) electrons. The van der Waals surface area contributed by atoms with E-state index in [2.05, 4.69) is 37.9 Å². The van der Waals surface area contributed by atoms with E-state index in [0.29, 0.717) is 6.54 Å². The Morgan fingerprint density at radius 3 is 2.07 bits per heavy atom. The SMILES string of the molecule is C[C@H]1CN(C(C)(C)CNC(=O)C2c3ccccc3Oc3ccccc32)C[C@H](C)O1. The van der Waals surface area contributed by atoms with Crippen LogP contribution in [0.1, 0.15) is 44.7 Å². The lowest BCUT2D eigenvalue weighted by atomic mass is 9.87. The van der Waals surface area contributed by atoms with Crippen LogP contribution in [0.3, 0.4) is 0 Å². The van der Waals surface area contributed by atoms with Crippen molar-refractivity contribution in [3.05, 3.63) is 59.7 Å². The maximum atomic E-state index is 13.4. The van der Waals surface area contributed by atoms with Crippen molar-refractivity contribution < 1.29 is 14.3 Å². The lowest BCUT2D eigenvalue weighted by molar-refractivity contribution is -0.123.